The number of hydrogen-bond donors (Lipinski definition) is 1. The van der Waals surface area contributed by atoms with Gasteiger partial charge >= 0.3 is 0 Å². The van der Waals surface area contributed by atoms with Gasteiger partial charge in [0.1, 0.15) is 0 Å². The fourth-order valence-corrected chi connectivity index (χ4v) is 4.05. The average molecular weight is 347 g/mol. The van der Waals surface area contributed by atoms with E-state index in [-0.39, 0.29) is 11.2 Å². The Bertz CT molecular complexity index is 749. The topological polar surface area (TPSA) is 91.8 Å². The Morgan fingerprint density at radius 1 is 1.27 bits per heavy atom. The Kier molecular flexibility index (Phi) is 4.84. The molecule has 1 heterocycles. The minimum atomic E-state index is -3.90. The van der Waals surface area contributed by atoms with Crippen molar-refractivity contribution in [2.75, 3.05) is 18.8 Å². The normalized spacial score (nSPS) is 20.5. The maximum Gasteiger partial charge on any atom is 0.264 e. The lowest BCUT2D eigenvalue weighted by atomic mass is 9.82. The van der Waals surface area contributed by atoms with Crippen LogP contribution < -0.4 is 0 Å². The predicted octanol–water partition coefficient (Wildman–Crippen LogP) is 1.26. The van der Waals surface area contributed by atoms with Crippen molar-refractivity contribution in [3.8, 4) is 0 Å². The molecule has 0 saturated heterocycles. The Morgan fingerprint density at radius 3 is 2.55 bits per heavy atom. The lowest BCUT2D eigenvalue weighted by molar-refractivity contribution is 0.297. The lowest BCUT2D eigenvalue weighted by Crippen LogP contribution is -2.26. The van der Waals surface area contributed by atoms with Gasteiger partial charge < -0.3 is 4.90 Å². The Morgan fingerprint density at radius 2 is 1.95 bits per heavy atom. The van der Waals surface area contributed by atoms with Gasteiger partial charge in [-0.2, -0.15) is 16.8 Å². The first-order chi connectivity index (χ1) is 10.1. The molecular weight excluding hydrogens is 326 g/mol. The summed E-state index contributed by atoms with van der Waals surface area (Å²) in [6.45, 7) is 5.65. The second-order valence-corrected chi connectivity index (χ2v) is 8.94. The van der Waals surface area contributed by atoms with Crippen molar-refractivity contribution >= 4 is 25.3 Å². The minimum absolute atomic E-state index is 0.103. The molecule has 1 N–H and O–H groups in total. The van der Waals surface area contributed by atoms with E-state index < -0.39 is 20.4 Å². The van der Waals surface area contributed by atoms with Crippen molar-refractivity contribution in [1.82, 2.24) is 4.90 Å². The molecule has 124 valence electrons. The van der Waals surface area contributed by atoms with Crippen LogP contribution in [0.1, 0.15) is 33.1 Å². The molecule has 0 radical (unpaired) electrons. The third-order valence-corrected chi connectivity index (χ3v) is 5.64. The number of hydrogen-bond acceptors (Lipinski definition) is 5. The molecule has 1 aliphatic carbocycles. The van der Waals surface area contributed by atoms with Crippen LogP contribution in [0.25, 0.3) is 0 Å². The summed E-state index contributed by atoms with van der Waals surface area (Å²) in [6.07, 6.45) is 4.97. The summed E-state index contributed by atoms with van der Waals surface area (Å²) in [4.78, 5) is 2.57. The molecule has 0 unspecified atom stereocenters. The van der Waals surface area contributed by atoms with E-state index in [1.54, 1.807) is 6.08 Å². The summed E-state index contributed by atoms with van der Waals surface area (Å²) in [5.41, 5.74) is 2.06. The molecule has 1 aliphatic heterocycles. The van der Waals surface area contributed by atoms with Gasteiger partial charge in [-0.1, -0.05) is 13.8 Å². The summed E-state index contributed by atoms with van der Waals surface area (Å²) in [5, 5.41) is 0. The SMILES string of the molecule is CC1(C)CN(CCCCS(=O)(=O)O)C2=C1CC(=S(=O)=O)C=C2. The second kappa shape index (κ2) is 6.17. The first kappa shape index (κ1) is 17.2. The standard InChI is InChI=1S/C14H21NO5S2/c1-14(2)10-15(7-3-4-8-22(18,19)20)13-6-5-11(21(16)17)9-12(13)14/h5-6H,3-4,7-10H2,1-2H3,(H,18,19,20). The first-order valence-electron chi connectivity index (χ1n) is 7.17. The largest absolute Gasteiger partial charge is 0.371 e. The highest BCUT2D eigenvalue weighted by Crippen LogP contribution is 2.42. The average Bonchev–Trinajstić information content (AvgIpc) is 2.65. The summed E-state index contributed by atoms with van der Waals surface area (Å²) >= 11 is 0. The van der Waals surface area contributed by atoms with E-state index in [2.05, 4.69) is 18.7 Å². The molecule has 0 spiro atoms. The van der Waals surface area contributed by atoms with Crippen LogP contribution in [0.3, 0.4) is 0 Å². The number of rotatable bonds is 5. The van der Waals surface area contributed by atoms with E-state index in [9.17, 15) is 16.8 Å². The molecule has 0 aromatic carbocycles. The maximum absolute atomic E-state index is 11.1. The third kappa shape index (κ3) is 3.99. The zero-order valence-electron chi connectivity index (χ0n) is 12.7. The van der Waals surface area contributed by atoms with Gasteiger partial charge in [0.2, 0.25) is 10.3 Å². The van der Waals surface area contributed by atoms with E-state index in [4.69, 9.17) is 4.55 Å². The zero-order chi connectivity index (χ0) is 16.5. The first-order valence-corrected chi connectivity index (χ1v) is 9.85. The van der Waals surface area contributed by atoms with Crippen molar-refractivity contribution < 1.29 is 21.4 Å². The van der Waals surface area contributed by atoms with Gasteiger partial charge in [0.05, 0.1) is 10.6 Å². The molecule has 0 bridgehead atoms. The Balaban J connectivity index is 2.07. The number of nitrogens with zero attached hydrogens (tertiary/aromatic N) is 1. The predicted molar refractivity (Wildman–Crippen MR) is 85.7 cm³/mol. The fraction of sp³-hybridized carbons (Fsp3) is 0.643. The molecule has 0 aromatic heterocycles. The van der Waals surface area contributed by atoms with Gasteiger partial charge in [0.25, 0.3) is 10.1 Å². The number of unbranched alkanes of at least 4 members (excludes halogenated alkanes) is 1. The molecular formula is C14H21NO5S2. The summed E-state index contributed by atoms with van der Waals surface area (Å²) in [5.74, 6) is -0.223. The van der Waals surface area contributed by atoms with Crippen LogP contribution in [0.15, 0.2) is 23.4 Å². The van der Waals surface area contributed by atoms with E-state index >= 15 is 0 Å². The van der Waals surface area contributed by atoms with Crippen LogP contribution >= 0.6 is 0 Å². The smallest absolute Gasteiger partial charge is 0.264 e. The van der Waals surface area contributed by atoms with E-state index in [0.29, 0.717) is 30.7 Å². The van der Waals surface area contributed by atoms with Crippen molar-refractivity contribution in [2.24, 2.45) is 5.41 Å². The molecule has 22 heavy (non-hydrogen) atoms. The van der Waals surface area contributed by atoms with Crippen LogP contribution in [-0.2, 0) is 20.4 Å². The lowest BCUT2D eigenvalue weighted by Gasteiger charge is -2.24. The van der Waals surface area contributed by atoms with E-state index in [0.717, 1.165) is 17.8 Å². The van der Waals surface area contributed by atoms with Crippen LogP contribution in [0, 0.1) is 5.41 Å². The molecule has 8 heteroatoms. The van der Waals surface area contributed by atoms with Crippen molar-refractivity contribution in [2.45, 2.75) is 33.1 Å². The molecule has 6 nitrogen and oxygen atoms in total. The highest BCUT2D eigenvalue weighted by Gasteiger charge is 2.37. The van der Waals surface area contributed by atoms with Crippen molar-refractivity contribution in [1.29, 1.82) is 0 Å². The maximum atomic E-state index is 11.1. The zero-order valence-corrected chi connectivity index (χ0v) is 14.4. The third-order valence-electron chi connectivity index (χ3n) is 4.13. The second-order valence-electron chi connectivity index (χ2n) is 6.37. The van der Waals surface area contributed by atoms with Gasteiger partial charge in [-0.25, -0.2) is 0 Å². The van der Waals surface area contributed by atoms with Gasteiger partial charge in [-0.3, -0.25) is 4.55 Å². The molecule has 0 saturated carbocycles. The molecule has 2 aliphatic rings. The summed E-state index contributed by atoms with van der Waals surface area (Å²) < 4.78 is 52.4. The number of allylic oxidation sites excluding steroid dienone is 2. The molecule has 0 atom stereocenters. The van der Waals surface area contributed by atoms with Gasteiger partial charge in [-0.05, 0) is 30.6 Å². The van der Waals surface area contributed by atoms with Crippen molar-refractivity contribution in [3.63, 3.8) is 0 Å². The van der Waals surface area contributed by atoms with E-state index in [1.165, 1.54) is 0 Å². The Hall–Kier alpha value is -1.12. The van der Waals surface area contributed by atoms with Crippen LogP contribution in [0.4, 0.5) is 0 Å². The van der Waals surface area contributed by atoms with Gasteiger partial charge in [-0.15, -0.1) is 0 Å². The van der Waals surface area contributed by atoms with Crippen LogP contribution in [0.2, 0.25) is 0 Å². The van der Waals surface area contributed by atoms with E-state index in [1.807, 2.05) is 6.08 Å². The highest BCUT2D eigenvalue weighted by atomic mass is 32.2. The molecule has 2 rings (SSSR count). The quantitative estimate of drug-likeness (QED) is 0.457. The summed E-state index contributed by atoms with van der Waals surface area (Å²) in [7, 11) is -6.09. The molecule has 0 fully saturated rings. The van der Waals surface area contributed by atoms with Crippen molar-refractivity contribution in [3.05, 3.63) is 23.4 Å². The Labute approximate surface area is 132 Å². The molecule has 0 aromatic rings. The van der Waals surface area contributed by atoms with Crippen LogP contribution in [-0.4, -0.2) is 50.0 Å². The van der Waals surface area contributed by atoms with Gasteiger partial charge in [0, 0.05) is 30.6 Å². The minimum Gasteiger partial charge on any atom is -0.371 e. The van der Waals surface area contributed by atoms with Crippen LogP contribution in [0.5, 0.6) is 0 Å². The molecule has 0 amide bonds. The monoisotopic (exact) mass is 347 g/mol. The van der Waals surface area contributed by atoms with Gasteiger partial charge in [0.15, 0.2) is 0 Å². The summed E-state index contributed by atoms with van der Waals surface area (Å²) in [6, 6.07) is 0. The highest BCUT2D eigenvalue weighted by molar-refractivity contribution is 7.85. The fourth-order valence-electron chi connectivity index (χ4n) is 3.04.